The normalized spacial score (nSPS) is 14.6. The van der Waals surface area contributed by atoms with Crippen LogP contribution in [-0.4, -0.2) is 47.2 Å². The number of hydrogen-bond donors (Lipinski definition) is 3. The number of carbonyl (C=O) groups is 3. The van der Waals surface area contributed by atoms with E-state index in [1.165, 1.54) is 17.2 Å². The lowest BCUT2D eigenvalue weighted by Crippen LogP contribution is -2.37. The van der Waals surface area contributed by atoms with Crippen molar-refractivity contribution in [2.75, 3.05) is 19.6 Å². The van der Waals surface area contributed by atoms with E-state index < -0.39 is 28.9 Å². The number of benzene rings is 2. The first-order chi connectivity index (χ1) is 26.6. The molecule has 0 atom stereocenters. The number of amides is 3. The number of para-hydroxylation sites is 1. The van der Waals surface area contributed by atoms with Crippen molar-refractivity contribution in [2.45, 2.75) is 77.6 Å². The van der Waals surface area contributed by atoms with Crippen LogP contribution in [0.2, 0.25) is 0 Å². The second kappa shape index (κ2) is 22.0. The van der Waals surface area contributed by atoms with Gasteiger partial charge in [0.05, 0.1) is 11.3 Å². The molecule has 0 saturated heterocycles. The number of H-pyrrole nitrogens is 1. The van der Waals surface area contributed by atoms with E-state index in [4.69, 9.17) is 0 Å². The van der Waals surface area contributed by atoms with Crippen molar-refractivity contribution in [3.8, 4) is 0 Å². The number of fused-ring (bicyclic) bond motifs is 3. The maximum absolute atomic E-state index is 14.1. The van der Waals surface area contributed by atoms with Crippen molar-refractivity contribution in [1.82, 2.24) is 20.5 Å². The summed E-state index contributed by atoms with van der Waals surface area (Å²) in [5.41, 5.74) is 1.85. The zero-order valence-electron chi connectivity index (χ0n) is 32.3. The van der Waals surface area contributed by atoms with Crippen molar-refractivity contribution in [3.05, 3.63) is 150 Å². The number of halogens is 2. The number of hydrogen-bond acceptors (Lipinski definition) is 3. The first kappa shape index (κ1) is 42.2. The molecule has 0 fully saturated rings. The van der Waals surface area contributed by atoms with Crippen LogP contribution in [0.3, 0.4) is 0 Å². The molecule has 1 aliphatic heterocycles. The van der Waals surface area contributed by atoms with E-state index in [1.54, 1.807) is 0 Å². The highest BCUT2D eigenvalue weighted by Gasteiger charge is 2.37. The SMILES string of the molecule is CCC=CCC=CCC=CCC=CCC=CCC=CCCC(=O)NCCNC(=O)C1=CN(C(=O)c2ccc(F)c(F)c2)CC(C)(C)c2c1[nH]c1ccccc21. The predicted molar refractivity (Wildman–Crippen MR) is 220 cm³/mol. The maximum atomic E-state index is 14.1. The van der Waals surface area contributed by atoms with Gasteiger partial charge in [0.2, 0.25) is 5.91 Å². The third-order valence-corrected chi connectivity index (χ3v) is 9.04. The third kappa shape index (κ3) is 13.1. The minimum atomic E-state index is -1.13. The lowest BCUT2D eigenvalue weighted by atomic mass is 9.81. The van der Waals surface area contributed by atoms with Crippen LogP contribution in [0, 0.1) is 11.6 Å². The first-order valence-electron chi connectivity index (χ1n) is 19.2. The fourth-order valence-corrected chi connectivity index (χ4v) is 6.33. The van der Waals surface area contributed by atoms with Gasteiger partial charge in [-0.1, -0.05) is 112 Å². The van der Waals surface area contributed by atoms with Gasteiger partial charge in [-0.05, 0) is 74.8 Å². The maximum Gasteiger partial charge on any atom is 0.257 e. The summed E-state index contributed by atoms with van der Waals surface area (Å²) < 4.78 is 27.7. The van der Waals surface area contributed by atoms with Crippen molar-refractivity contribution < 1.29 is 23.2 Å². The number of nitrogens with one attached hydrogen (secondary N) is 3. The molecule has 0 radical (unpaired) electrons. The first-order valence-corrected chi connectivity index (χ1v) is 19.2. The third-order valence-electron chi connectivity index (χ3n) is 9.04. The van der Waals surface area contributed by atoms with Gasteiger partial charge in [0, 0.05) is 54.1 Å². The topological polar surface area (TPSA) is 94.3 Å². The zero-order chi connectivity index (χ0) is 39.5. The molecule has 0 unspecified atom stereocenters. The number of allylic oxidation sites excluding steroid dienone is 12. The molecule has 4 rings (SSSR count). The van der Waals surface area contributed by atoms with Crippen LogP contribution in [0.25, 0.3) is 16.5 Å². The Kier molecular flexibility index (Phi) is 16.8. The van der Waals surface area contributed by atoms with Gasteiger partial charge in [0.1, 0.15) is 0 Å². The van der Waals surface area contributed by atoms with Crippen LogP contribution in [-0.2, 0) is 15.0 Å². The highest BCUT2D eigenvalue weighted by Crippen LogP contribution is 2.40. The molecule has 2 aromatic carbocycles. The largest absolute Gasteiger partial charge is 0.354 e. The molecule has 0 aliphatic carbocycles. The van der Waals surface area contributed by atoms with Gasteiger partial charge in [-0.25, -0.2) is 8.78 Å². The van der Waals surface area contributed by atoms with E-state index in [2.05, 4.69) is 83.3 Å². The molecule has 7 nitrogen and oxygen atoms in total. The molecule has 3 aromatic rings. The van der Waals surface area contributed by atoms with Crippen molar-refractivity contribution in [1.29, 1.82) is 0 Å². The summed E-state index contributed by atoms with van der Waals surface area (Å²) in [7, 11) is 0. The highest BCUT2D eigenvalue weighted by molar-refractivity contribution is 6.21. The summed E-state index contributed by atoms with van der Waals surface area (Å²) in [6, 6.07) is 10.7. The van der Waals surface area contributed by atoms with E-state index in [-0.39, 0.29) is 36.7 Å². The fraction of sp³-hybridized carbons (Fsp3) is 0.326. The van der Waals surface area contributed by atoms with E-state index in [1.807, 2.05) is 50.3 Å². The number of rotatable bonds is 19. The Hall–Kier alpha value is -5.57. The smallest absolute Gasteiger partial charge is 0.257 e. The number of nitrogens with zero attached hydrogens (tertiary/aromatic N) is 1. The summed E-state index contributed by atoms with van der Waals surface area (Å²) in [5.74, 6) is -3.31. The Morgan fingerprint density at radius 3 is 1.96 bits per heavy atom. The van der Waals surface area contributed by atoms with E-state index in [0.717, 1.165) is 67.1 Å². The minimum Gasteiger partial charge on any atom is -0.354 e. The van der Waals surface area contributed by atoms with Gasteiger partial charge in [-0.2, -0.15) is 0 Å². The molecule has 55 heavy (non-hydrogen) atoms. The second-order valence-electron chi connectivity index (χ2n) is 14.0. The molecular formula is C46H54F2N4O3. The van der Waals surface area contributed by atoms with Gasteiger partial charge in [-0.15, -0.1) is 0 Å². The van der Waals surface area contributed by atoms with Gasteiger partial charge < -0.3 is 20.5 Å². The Morgan fingerprint density at radius 1 is 0.764 bits per heavy atom. The van der Waals surface area contributed by atoms with E-state index >= 15 is 0 Å². The van der Waals surface area contributed by atoms with Crippen LogP contribution in [0.5, 0.6) is 0 Å². The molecular weight excluding hydrogens is 695 g/mol. The Labute approximate surface area is 324 Å². The van der Waals surface area contributed by atoms with Gasteiger partial charge >= 0.3 is 0 Å². The Bertz CT molecular complexity index is 1980. The molecule has 1 aromatic heterocycles. The summed E-state index contributed by atoms with van der Waals surface area (Å²) in [5, 5.41) is 6.64. The van der Waals surface area contributed by atoms with Crippen molar-refractivity contribution in [3.63, 3.8) is 0 Å². The number of aromatic nitrogens is 1. The van der Waals surface area contributed by atoms with Gasteiger partial charge in [-0.3, -0.25) is 14.4 Å². The van der Waals surface area contributed by atoms with E-state index in [9.17, 15) is 23.2 Å². The molecule has 0 spiro atoms. The fourth-order valence-electron chi connectivity index (χ4n) is 6.33. The molecule has 3 amide bonds. The Morgan fingerprint density at radius 2 is 1.35 bits per heavy atom. The average molecular weight is 749 g/mol. The number of carbonyl (C=O) groups excluding carboxylic acids is 3. The predicted octanol–water partition coefficient (Wildman–Crippen LogP) is 9.93. The van der Waals surface area contributed by atoms with Crippen molar-refractivity contribution in [2.24, 2.45) is 0 Å². The molecule has 1 aliphatic rings. The summed E-state index contributed by atoms with van der Waals surface area (Å²) >= 11 is 0. The van der Waals surface area contributed by atoms with Crippen LogP contribution >= 0.6 is 0 Å². The second-order valence-corrected chi connectivity index (χ2v) is 14.0. The summed E-state index contributed by atoms with van der Waals surface area (Å²) in [6.07, 6.45) is 33.8. The molecule has 0 saturated carbocycles. The van der Waals surface area contributed by atoms with Crippen LogP contribution in [0.15, 0.2) is 122 Å². The van der Waals surface area contributed by atoms with Crippen molar-refractivity contribution >= 4 is 34.2 Å². The van der Waals surface area contributed by atoms with Gasteiger partial charge in [0.25, 0.3) is 11.8 Å². The summed E-state index contributed by atoms with van der Waals surface area (Å²) in [6.45, 7) is 6.66. The molecule has 2 heterocycles. The lowest BCUT2D eigenvalue weighted by molar-refractivity contribution is -0.121. The molecule has 3 N–H and O–H groups in total. The van der Waals surface area contributed by atoms with Crippen LogP contribution < -0.4 is 10.6 Å². The minimum absolute atomic E-state index is 0.0344. The lowest BCUT2D eigenvalue weighted by Gasteiger charge is -2.29. The highest BCUT2D eigenvalue weighted by atomic mass is 19.2. The molecule has 9 heteroatoms. The quantitative estimate of drug-likeness (QED) is 0.0842. The molecule has 0 bridgehead atoms. The summed E-state index contributed by atoms with van der Waals surface area (Å²) in [4.78, 5) is 44.5. The van der Waals surface area contributed by atoms with Gasteiger partial charge in [0.15, 0.2) is 11.6 Å². The Balaban J connectivity index is 1.21. The van der Waals surface area contributed by atoms with Crippen LogP contribution in [0.1, 0.15) is 93.8 Å². The standard InChI is InChI=1S/C46H54F2N4O3/c1-4-5-6-7-8-9-10-11-12-13-14-15-16-17-18-19-20-21-22-27-41(53)49-30-31-50-44(54)37-33-52(45(55)35-28-29-38(47)39(48)32-35)34-46(2,3)42-36-25-23-24-26-40(36)51-43(37)42/h5-6,8-9,11-12,14-15,17-18,20-21,23-26,28-29,32-33,51H,4,7,10,13,16,19,22,27,30-31,34H2,1-3H3,(H,49,53)(H,50,54). The molecule has 290 valence electrons. The average Bonchev–Trinajstić information content (AvgIpc) is 3.52. The zero-order valence-corrected chi connectivity index (χ0v) is 32.3. The number of aromatic amines is 1. The van der Waals surface area contributed by atoms with Crippen LogP contribution in [0.4, 0.5) is 8.78 Å². The monoisotopic (exact) mass is 748 g/mol. The van der Waals surface area contributed by atoms with E-state index in [0.29, 0.717) is 18.5 Å².